The van der Waals surface area contributed by atoms with Crippen molar-refractivity contribution in [3.8, 4) is 0 Å². The molecular weight excluding hydrogens is 423 g/mol. The second-order valence-corrected chi connectivity index (χ2v) is 8.91. The van der Waals surface area contributed by atoms with Gasteiger partial charge in [-0.2, -0.15) is 0 Å². The number of amides is 2. The van der Waals surface area contributed by atoms with E-state index in [0.717, 1.165) is 5.56 Å². The molecule has 1 N–H and O–H groups in total. The third-order valence-corrected chi connectivity index (χ3v) is 5.88. The summed E-state index contributed by atoms with van der Waals surface area (Å²) in [5, 5.41) is 3.24. The van der Waals surface area contributed by atoms with Gasteiger partial charge in [-0.05, 0) is 30.5 Å². The third-order valence-electron chi connectivity index (χ3n) is 4.58. The van der Waals surface area contributed by atoms with Gasteiger partial charge >= 0.3 is 0 Å². The number of benzene rings is 2. The van der Waals surface area contributed by atoms with Crippen molar-refractivity contribution in [2.24, 2.45) is 5.92 Å². The van der Waals surface area contributed by atoms with Crippen LogP contribution in [0.1, 0.15) is 31.9 Å². The van der Waals surface area contributed by atoms with Crippen molar-refractivity contribution in [2.75, 3.05) is 12.3 Å². The highest BCUT2D eigenvalue weighted by atomic mass is 35.5. The molecule has 0 aliphatic heterocycles. The maximum atomic E-state index is 14.0. The van der Waals surface area contributed by atoms with Crippen LogP contribution in [0.2, 0.25) is 5.02 Å². The molecule has 0 spiro atoms. The van der Waals surface area contributed by atoms with E-state index in [1.165, 1.54) is 17.8 Å². The van der Waals surface area contributed by atoms with Gasteiger partial charge in [0.05, 0.1) is 5.75 Å². The lowest BCUT2D eigenvalue weighted by Crippen LogP contribution is -2.48. The van der Waals surface area contributed by atoms with E-state index in [1.807, 2.05) is 44.2 Å². The molecule has 0 radical (unpaired) electrons. The molecule has 0 saturated heterocycles. The normalized spacial score (nSPS) is 11.9. The average molecular weight is 451 g/mol. The van der Waals surface area contributed by atoms with Crippen molar-refractivity contribution in [1.82, 2.24) is 10.2 Å². The van der Waals surface area contributed by atoms with Crippen LogP contribution < -0.4 is 5.32 Å². The van der Waals surface area contributed by atoms with E-state index in [-0.39, 0.29) is 29.1 Å². The zero-order valence-electron chi connectivity index (χ0n) is 17.5. The molecule has 2 aromatic rings. The number of nitrogens with one attached hydrogen (secondary N) is 1. The van der Waals surface area contributed by atoms with Gasteiger partial charge in [0.15, 0.2) is 0 Å². The summed E-state index contributed by atoms with van der Waals surface area (Å²) in [6.45, 7) is 6.65. The summed E-state index contributed by atoms with van der Waals surface area (Å²) in [6.07, 6.45) is 0. The van der Waals surface area contributed by atoms with Gasteiger partial charge in [0.1, 0.15) is 11.9 Å². The summed E-state index contributed by atoms with van der Waals surface area (Å²) >= 11 is 7.35. The highest BCUT2D eigenvalue weighted by Gasteiger charge is 2.26. The Kier molecular flexibility index (Phi) is 9.66. The van der Waals surface area contributed by atoms with Gasteiger partial charge in [0.2, 0.25) is 11.8 Å². The van der Waals surface area contributed by atoms with Crippen molar-refractivity contribution < 1.29 is 14.0 Å². The summed E-state index contributed by atoms with van der Waals surface area (Å²) in [5.41, 5.74) is 1.32. The first-order valence-electron chi connectivity index (χ1n) is 9.91. The van der Waals surface area contributed by atoms with Crippen LogP contribution in [0, 0.1) is 11.7 Å². The molecule has 2 amide bonds. The van der Waals surface area contributed by atoms with Crippen molar-refractivity contribution in [1.29, 1.82) is 0 Å². The minimum Gasteiger partial charge on any atom is -0.354 e. The lowest BCUT2D eigenvalue weighted by molar-refractivity contribution is -0.138. The molecule has 162 valence electrons. The van der Waals surface area contributed by atoms with Gasteiger partial charge in [-0.15, -0.1) is 11.8 Å². The largest absolute Gasteiger partial charge is 0.354 e. The van der Waals surface area contributed by atoms with Crippen LogP contribution in [0.3, 0.4) is 0 Å². The molecule has 2 rings (SSSR count). The molecule has 0 bridgehead atoms. The van der Waals surface area contributed by atoms with E-state index >= 15 is 0 Å². The van der Waals surface area contributed by atoms with Crippen LogP contribution in [0.25, 0.3) is 0 Å². The summed E-state index contributed by atoms with van der Waals surface area (Å²) < 4.78 is 14.0. The maximum Gasteiger partial charge on any atom is 0.242 e. The minimum atomic E-state index is -0.617. The first-order chi connectivity index (χ1) is 14.3. The maximum absolute atomic E-state index is 14.0. The molecule has 30 heavy (non-hydrogen) atoms. The van der Waals surface area contributed by atoms with Crippen molar-refractivity contribution in [3.63, 3.8) is 0 Å². The topological polar surface area (TPSA) is 49.4 Å². The van der Waals surface area contributed by atoms with Crippen LogP contribution in [0.4, 0.5) is 4.39 Å². The molecule has 0 heterocycles. The number of rotatable bonds is 10. The zero-order chi connectivity index (χ0) is 22.1. The molecule has 0 aliphatic carbocycles. The Labute approximate surface area is 187 Å². The predicted octanol–water partition coefficient (Wildman–Crippen LogP) is 4.90. The lowest BCUT2D eigenvalue weighted by Gasteiger charge is -2.29. The molecule has 0 saturated carbocycles. The number of nitrogens with zero attached hydrogens (tertiary/aromatic N) is 1. The van der Waals surface area contributed by atoms with Crippen LogP contribution in [-0.4, -0.2) is 35.1 Å². The smallest absolute Gasteiger partial charge is 0.242 e. The Morgan fingerprint density at radius 1 is 1.10 bits per heavy atom. The summed E-state index contributed by atoms with van der Waals surface area (Å²) in [6, 6.07) is 13.5. The standard InChI is InChI=1S/C23H28ClFN2O2S/c1-16(2)12-26-23(29)17(3)27(13-18-8-5-4-6-9-18)22(28)15-30-14-19-20(24)10-7-11-21(19)25/h4-11,16-17H,12-15H2,1-3H3,(H,26,29)/t17-/m0/s1. The first-order valence-corrected chi connectivity index (χ1v) is 11.4. The lowest BCUT2D eigenvalue weighted by atomic mass is 10.1. The number of carbonyl (C=O) groups is 2. The Morgan fingerprint density at radius 3 is 2.43 bits per heavy atom. The molecular formula is C23H28ClFN2O2S. The highest BCUT2D eigenvalue weighted by Crippen LogP contribution is 2.24. The van der Waals surface area contributed by atoms with Crippen LogP contribution >= 0.6 is 23.4 Å². The molecule has 2 aromatic carbocycles. The van der Waals surface area contributed by atoms with Gasteiger partial charge in [0, 0.05) is 29.4 Å². The molecule has 4 nitrogen and oxygen atoms in total. The van der Waals surface area contributed by atoms with Gasteiger partial charge in [0.25, 0.3) is 0 Å². The van der Waals surface area contributed by atoms with Gasteiger partial charge in [-0.3, -0.25) is 9.59 Å². The Bertz CT molecular complexity index is 828. The minimum absolute atomic E-state index is 0.124. The fraction of sp³-hybridized carbons (Fsp3) is 0.391. The van der Waals surface area contributed by atoms with E-state index in [1.54, 1.807) is 24.0 Å². The predicted molar refractivity (Wildman–Crippen MR) is 122 cm³/mol. The number of carbonyl (C=O) groups excluding carboxylic acids is 2. The summed E-state index contributed by atoms with van der Waals surface area (Å²) in [5.74, 6) is -0.0203. The Morgan fingerprint density at radius 2 is 1.80 bits per heavy atom. The van der Waals surface area contributed by atoms with E-state index in [9.17, 15) is 14.0 Å². The second-order valence-electron chi connectivity index (χ2n) is 7.52. The monoisotopic (exact) mass is 450 g/mol. The summed E-state index contributed by atoms with van der Waals surface area (Å²) in [7, 11) is 0. The van der Waals surface area contributed by atoms with Crippen LogP contribution in [0.15, 0.2) is 48.5 Å². The fourth-order valence-corrected chi connectivity index (χ4v) is 4.06. The third kappa shape index (κ3) is 7.33. The highest BCUT2D eigenvalue weighted by molar-refractivity contribution is 7.99. The molecule has 1 atom stereocenters. The molecule has 0 aromatic heterocycles. The number of thioether (sulfide) groups is 1. The van der Waals surface area contributed by atoms with E-state index in [2.05, 4.69) is 5.32 Å². The zero-order valence-corrected chi connectivity index (χ0v) is 19.1. The molecule has 0 unspecified atom stereocenters. The fourth-order valence-electron chi connectivity index (χ4n) is 2.81. The van der Waals surface area contributed by atoms with Crippen molar-refractivity contribution in [2.45, 2.75) is 39.1 Å². The van der Waals surface area contributed by atoms with E-state index < -0.39 is 6.04 Å². The molecule has 0 aliphatic rings. The van der Waals surface area contributed by atoms with Gasteiger partial charge < -0.3 is 10.2 Å². The van der Waals surface area contributed by atoms with Gasteiger partial charge in [-0.1, -0.05) is 61.8 Å². The van der Waals surface area contributed by atoms with E-state index in [4.69, 9.17) is 11.6 Å². The molecule has 0 fully saturated rings. The van der Waals surface area contributed by atoms with Gasteiger partial charge in [-0.25, -0.2) is 4.39 Å². The van der Waals surface area contributed by atoms with Crippen LogP contribution in [0.5, 0.6) is 0 Å². The quantitative estimate of drug-likeness (QED) is 0.560. The summed E-state index contributed by atoms with van der Waals surface area (Å²) in [4.78, 5) is 27.1. The number of halogens is 2. The number of hydrogen-bond acceptors (Lipinski definition) is 3. The SMILES string of the molecule is CC(C)CNC(=O)[C@H](C)N(Cc1ccccc1)C(=O)CSCc1c(F)cccc1Cl. The van der Waals surface area contributed by atoms with E-state index in [0.29, 0.717) is 29.6 Å². The average Bonchev–Trinajstić information content (AvgIpc) is 2.72. The van der Waals surface area contributed by atoms with Crippen molar-refractivity contribution >= 4 is 35.2 Å². The Hall–Kier alpha value is -2.05. The number of hydrogen-bond donors (Lipinski definition) is 1. The Balaban J connectivity index is 2.06. The van der Waals surface area contributed by atoms with Crippen LogP contribution in [-0.2, 0) is 21.9 Å². The molecule has 7 heteroatoms. The first kappa shape index (κ1) is 24.2. The second kappa shape index (κ2) is 12.0. The van der Waals surface area contributed by atoms with Crippen molar-refractivity contribution in [3.05, 3.63) is 70.5 Å².